The number of carbonyl (C=O) groups excluding carboxylic acids is 2. The smallest absolute Gasteiger partial charge is 0.324 e. The van der Waals surface area contributed by atoms with E-state index in [-0.39, 0.29) is 30.9 Å². The summed E-state index contributed by atoms with van der Waals surface area (Å²) in [4.78, 5) is 26.4. The molecule has 3 N–H and O–H groups in total. The van der Waals surface area contributed by atoms with E-state index in [0.717, 1.165) is 19.5 Å². The Kier molecular flexibility index (Phi) is 5.84. The van der Waals surface area contributed by atoms with E-state index in [9.17, 15) is 9.59 Å². The van der Waals surface area contributed by atoms with E-state index in [1.54, 1.807) is 0 Å². The highest BCUT2D eigenvalue weighted by Crippen LogP contribution is 2.15. The Hall–Kier alpha value is -0.850. The number of hydrogen-bond donors (Lipinski definition) is 2. The van der Waals surface area contributed by atoms with Crippen LogP contribution in [0, 0.1) is 0 Å². The van der Waals surface area contributed by atoms with Crippen molar-refractivity contribution in [3.63, 3.8) is 0 Å². The number of nitrogens with two attached hydrogens (primary N) is 1. The van der Waals surface area contributed by atoms with Crippen LogP contribution in [-0.2, 0) is 4.79 Å². The van der Waals surface area contributed by atoms with Crippen LogP contribution in [0.5, 0.6) is 0 Å². The second-order valence-electron chi connectivity index (χ2n) is 4.63. The molecule has 2 fully saturated rings. The maximum absolute atomic E-state index is 11.4. The summed E-state index contributed by atoms with van der Waals surface area (Å²) < 4.78 is 0. The fourth-order valence-electron chi connectivity index (χ4n) is 2.53. The number of urea groups is 1. The van der Waals surface area contributed by atoms with Crippen LogP contribution in [0.2, 0.25) is 0 Å². The van der Waals surface area contributed by atoms with Crippen molar-refractivity contribution in [1.82, 2.24) is 15.1 Å². The van der Waals surface area contributed by atoms with Gasteiger partial charge in [-0.1, -0.05) is 6.42 Å². The lowest BCUT2D eigenvalue weighted by Crippen LogP contribution is -2.48. The molecule has 0 spiro atoms. The Balaban J connectivity index is 0.00000162. The molecule has 0 aliphatic carbocycles. The lowest BCUT2D eigenvalue weighted by molar-refractivity contribution is -0.125. The number of nitrogens with zero attached hydrogens (tertiary/aromatic N) is 2. The van der Waals surface area contributed by atoms with Crippen LogP contribution < -0.4 is 11.1 Å². The van der Waals surface area contributed by atoms with E-state index in [1.807, 2.05) is 0 Å². The molecule has 3 amide bonds. The first kappa shape index (κ1) is 15.2. The van der Waals surface area contributed by atoms with Crippen molar-refractivity contribution in [1.29, 1.82) is 0 Å². The number of hydrogen-bond acceptors (Lipinski definition) is 4. The van der Waals surface area contributed by atoms with Gasteiger partial charge in [0.25, 0.3) is 0 Å². The molecule has 7 heteroatoms. The van der Waals surface area contributed by atoms with Crippen molar-refractivity contribution in [2.24, 2.45) is 5.73 Å². The van der Waals surface area contributed by atoms with Crippen molar-refractivity contribution in [3.05, 3.63) is 0 Å². The van der Waals surface area contributed by atoms with Crippen LogP contribution in [0.3, 0.4) is 0 Å². The van der Waals surface area contributed by atoms with Crippen molar-refractivity contribution in [2.45, 2.75) is 25.3 Å². The molecule has 0 bridgehead atoms. The van der Waals surface area contributed by atoms with Gasteiger partial charge in [0.05, 0.1) is 6.54 Å². The molecule has 2 aliphatic rings. The maximum Gasteiger partial charge on any atom is 0.324 e. The topological polar surface area (TPSA) is 78.7 Å². The van der Waals surface area contributed by atoms with Crippen LogP contribution in [0.15, 0.2) is 0 Å². The molecule has 104 valence electrons. The van der Waals surface area contributed by atoms with E-state index in [4.69, 9.17) is 5.73 Å². The van der Waals surface area contributed by atoms with E-state index in [1.165, 1.54) is 17.7 Å². The number of likely N-dealkylation sites (tertiary alicyclic amines) is 1. The molecule has 2 heterocycles. The second kappa shape index (κ2) is 6.92. The molecular weight excluding hydrogens is 256 g/mol. The van der Waals surface area contributed by atoms with E-state index < -0.39 is 0 Å². The van der Waals surface area contributed by atoms with Gasteiger partial charge in [-0.2, -0.15) is 0 Å². The molecule has 1 atom stereocenters. The summed E-state index contributed by atoms with van der Waals surface area (Å²) in [5.74, 6) is -0.128. The van der Waals surface area contributed by atoms with Gasteiger partial charge in [0, 0.05) is 25.7 Å². The van der Waals surface area contributed by atoms with Crippen molar-refractivity contribution in [2.75, 3.05) is 32.7 Å². The molecule has 2 saturated heterocycles. The van der Waals surface area contributed by atoms with Crippen LogP contribution in [0.4, 0.5) is 4.79 Å². The van der Waals surface area contributed by atoms with Crippen molar-refractivity contribution < 1.29 is 9.59 Å². The molecule has 2 aliphatic heterocycles. The van der Waals surface area contributed by atoms with Crippen LogP contribution in [0.25, 0.3) is 0 Å². The Labute approximate surface area is 113 Å². The van der Waals surface area contributed by atoms with E-state index in [0.29, 0.717) is 19.1 Å². The molecule has 1 unspecified atom stereocenters. The van der Waals surface area contributed by atoms with Gasteiger partial charge >= 0.3 is 6.03 Å². The third-order valence-corrected chi connectivity index (χ3v) is 3.57. The minimum Gasteiger partial charge on any atom is -0.329 e. The lowest BCUT2D eigenvalue weighted by Gasteiger charge is -2.35. The Morgan fingerprint density at radius 1 is 1.28 bits per heavy atom. The molecule has 0 aromatic heterocycles. The van der Waals surface area contributed by atoms with Crippen LogP contribution in [-0.4, -0.2) is 60.5 Å². The normalized spacial score (nSPS) is 24.9. The zero-order valence-corrected chi connectivity index (χ0v) is 11.2. The number of nitrogens with one attached hydrogen (secondary N) is 1. The van der Waals surface area contributed by atoms with Gasteiger partial charge in [0.1, 0.15) is 0 Å². The summed E-state index contributed by atoms with van der Waals surface area (Å²) in [6.45, 7) is 3.02. The molecule has 0 aromatic carbocycles. The lowest BCUT2D eigenvalue weighted by atomic mass is 10.0. The number of carbonyl (C=O) groups is 2. The molecule has 0 saturated carbocycles. The highest BCUT2D eigenvalue weighted by Gasteiger charge is 2.29. The Morgan fingerprint density at radius 3 is 2.67 bits per heavy atom. The average Bonchev–Trinajstić information content (AvgIpc) is 2.67. The standard InChI is InChI=1S/C11H20N4O2.ClH/c12-7-9-3-1-2-4-14(9)5-6-15-10(16)8-13-11(15)17;/h9H,1-8,12H2,(H,13,17);1H. The minimum absolute atomic E-state index is 0. The van der Waals surface area contributed by atoms with Gasteiger partial charge in [-0.05, 0) is 19.4 Å². The summed E-state index contributed by atoms with van der Waals surface area (Å²) in [5.41, 5.74) is 5.73. The van der Waals surface area contributed by atoms with E-state index in [2.05, 4.69) is 10.2 Å². The van der Waals surface area contributed by atoms with Crippen LogP contribution >= 0.6 is 12.4 Å². The fraction of sp³-hybridized carbons (Fsp3) is 0.818. The highest BCUT2D eigenvalue weighted by molar-refractivity contribution is 6.01. The number of halogens is 1. The quantitative estimate of drug-likeness (QED) is 0.696. The zero-order chi connectivity index (χ0) is 12.3. The molecule has 6 nitrogen and oxygen atoms in total. The van der Waals surface area contributed by atoms with Gasteiger partial charge < -0.3 is 11.1 Å². The monoisotopic (exact) mass is 276 g/mol. The molecule has 2 rings (SSSR count). The zero-order valence-electron chi connectivity index (χ0n) is 10.4. The minimum atomic E-state index is -0.267. The van der Waals surface area contributed by atoms with E-state index >= 15 is 0 Å². The van der Waals surface area contributed by atoms with Crippen molar-refractivity contribution in [3.8, 4) is 0 Å². The van der Waals surface area contributed by atoms with Crippen molar-refractivity contribution >= 4 is 24.3 Å². The maximum atomic E-state index is 11.4. The molecule has 0 radical (unpaired) electrons. The SMILES string of the molecule is Cl.NCC1CCCCN1CCN1C(=O)CNC1=O. The molecular formula is C11H21ClN4O2. The summed E-state index contributed by atoms with van der Waals surface area (Å²) in [7, 11) is 0. The Bertz CT molecular complexity index is 297. The predicted molar refractivity (Wildman–Crippen MR) is 70.6 cm³/mol. The summed E-state index contributed by atoms with van der Waals surface area (Å²) >= 11 is 0. The third-order valence-electron chi connectivity index (χ3n) is 3.57. The predicted octanol–water partition coefficient (Wildman–Crippen LogP) is -0.227. The van der Waals surface area contributed by atoms with Gasteiger partial charge in [0.15, 0.2) is 0 Å². The van der Waals surface area contributed by atoms with Gasteiger partial charge in [-0.3, -0.25) is 14.6 Å². The first-order valence-corrected chi connectivity index (χ1v) is 6.24. The number of amides is 3. The third kappa shape index (κ3) is 3.34. The summed E-state index contributed by atoms with van der Waals surface area (Å²) in [6, 6.07) is 0.140. The molecule has 0 aromatic rings. The summed E-state index contributed by atoms with van der Waals surface area (Å²) in [5, 5.41) is 2.53. The second-order valence-corrected chi connectivity index (χ2v) is 4.63. The summed E-state index contributed by atoms with van der Waals surface area (Å²) in [6.07, 6.45) is 3.52. The largest absolute Gasteiger partial charge is 0.329 e. The first-order chi connectivity index (χ1) is 8.22. The highest BCUT2D eigenvalue weighted by atomic mass is 35.5. The van der Waals surface area contributed by atoms with Gasteiger partial charge in [-0.15, -0.1) is 12.4 Å². The van der Waals surface area contributed by atoms with Crippen LogP contribution in [0.1, 0.15) is 19.3 Å². The average molecular weight is 277 g/mol. The first-order valence-electron chi connectivity index (χ1n) is 6.24. The molecule has 18 heavy (non-hydrogen) atoms. The fourth-order valence-corrected chi connectivity index (χ4v) is 2.53. The van der Waals surface area contributed by atoms with Gasteiger partial charge in [-0.25, -0.2) is 4.79 Å². The number of imide groups is 1. The van der Waals surface area contributed by atoms with Gasteiger partial charge in [0.2, 0.25) is 5.91 Å². The number of rotatable bonds is 4. The number of piperidine rings is 1. The Morgan fingerprint density at radius 2 is 2.06 bits per heavy atom.